The highest BCUT2D eigenvalue weighted by molar-refractivity contribution is 6.06. The number of amides is 2. The Labute approximate surface area is 175 Å². The molecule has 158 valence electrons. The second-order valence-corrected chi connectivity index (χ2v) is 8.17. The van der Waals surface area contributed by atoms with E-state index in [0.717, 1.165) is 31.2 Å². The number of ether oxygens (including phenoxy) is 1. The molecule has 2 aliphatic rings. The number of nitrogens with one attached hydrogen (secondary N) is 1. The van der Waals surface area contributed by atoms with Crippen molar-refractivity contribution in [3.05, 3.63) is 53.6 Å². The predicted octanol–water partition coefficient (Wildman–Crippen LogP) is 2.14. The zero-order valence-corrected chi connectivity index (χ0v) is 17.3. The molecule has 2 heterocycles. The van der Waals surface area contributed by atoms with Crippen molar-refractivity contribution in [1.82, 2.24) is 19.8 Å². The summed E-state index contributed by atoms with van der Waals surface area (Å²) >= 11 is 0. The summed E-state index contributed by atoms with van der Waals surface area (Å²) in [6.07, 6.45) is 5.54. The van der Waals surface area contributed by atoms with Gasteiger partial charge in [0.05, 0.1) is 20.0 Å². The number of imidazole rings is 1. The standard InChI is InChI=1S/C22H26N4O4/c1-22(21(29)24-16-10-6-7-11-16)13-25-14-23-17(20(28)30-2)18(25)19(27)26(22)12-15-8-4-3-5-9-15/h3-5,8-9,14,16H,6-7,10-13H2,1-2H3,(H,24,29)/t22-/m0/s1. The Morgan fingerprint density at radius 2 is 1.93 bits per heavy atom. The molecule has 1 N–H and O–H groups in total. The van der Waals surface area contributed by atoms with Crippen LogP contribution in [-0.2, 0) is 22.6 Å². The molecule has 1 aliphatic carbocycles. The van der Waals surface area contributed by atoms with E-state index in [9.17, 15) is 14.4 Å². The van der Waals surface area contributed by atoms with Gasteiger partial charge < -0.3 is 19.5 Å². The molecule has 30 heavy (non-hydrogen) atoms. The molecule has 2 aromatic rings. The van der Waals surface area contributed by atoms with Gasteiger partial charge in [0.2, 0.25) is 5.91 Å². The number of rotatable bonds is 5. The molecule has 1 saturated carbocycles. The first-order valence-corrected chi connectivity index (χ1v) is 10.2. The number of carbonyl (C=O) groups is 3. The Morgan fingerprint density at radius 1 is 1.23 bits per heavy atom. The van der Waals surface area contributed by atoms with Crippen LogP contribution in [0.3, 0.4) is 0 Å². The molecule has 8 heteroatoms. The lowest BCUT2D eigenvalue weighted by Crippen LogP contribution is -2.64. The monoisotopic (exact) mass is 410 g/mol. The number of benzene rings is 1. The van der Waals surface area contributed by atoms with Gasteiger partial charge in [-0.25, -0.2) is 9.78 Å². The maximum Gasteiger partial charge on any atom is 0.359 e. The van der Waals surface area contributed by atoms with E-state index in [1.54, 1.807) is 16.4 Å². The van der Waals surface area contributed by atoms with E-state index >= 15 is 0 Å². The smallest absolute Gasteiger partial charge is 0.359 e. The summed E-state index contributed by atoms with van der Waals surface area (Å²) in [5, 5.41) is 3.14. The van der Waals surface area contributed by atoms with Gasteiger partial charge in [-0.2, -0.15) is 0 Å². The molecule has 2 amide bonds. The van der Waals surface area contributed by atoms with Crippen LogP contribution < -0.4 is 5.32 Å². The van der Waals surface area contributed by atoms with Gasteiger partial charge in [-0.3, -0.25) is 9.59 Å². The van der Waals surface area contributed by atoms with Gasteiger partial charge >= 0.3 is 5.97 Å². The van der Waals surface area contributed by atoms with Crippen LogP contribution in [0.5, 0.6) is 0 Å². The minimum atomic E-state index is -1.11. The second kappa shape index (κ2) is 7.93. The third kappa shape index (κ3) is 3.46. The number of methoxy groups -OCH3 is 1. The first-order valence-electron chi connectivity index (χ1n) is 10.2. The Balaban J connectivity index is 1.72. The quantitative estimate of drug-likeness (QED) is 0.763. The van der Waals surface area contributed by atoms with Crippen LogP contribution in [-0.4, -0.2) is 50.9 Å². The zero-order chi connectivity index (χ0) is 21.3. The van der Waals surface area contributed by atoms with Gasteiger partial charge in [0, 0.05) is 12.6 Å². The lowest BCUT2D eigenvalue weighted by atomic mass is 9.93. The summed E-state index contributed by atoms with van der Waals surface area (Å²) in [6.45, 7) is 2.24. The Hall–Kier alpha value is -3.16. The van der Waals surface area contributed by atoms with E-state index in [2.05, 4.69) is 10.3 Å². The van der Waals surface area contributed by atoms with E-state index in [1.807, 2.05) is 30.3 Å². The molecule has 8 nitrogen and oxygen atoms in total. The normalized spacial score (nSPS) is 21.4. The molecule has 0 saturated heterocycles. The Morgan fingerprint density at radius 3 is 2.60 bits per heavy atom. The average Bonchev–Trinajstić information content (AvgIpc) is 3.41. The number of fused-ring (bicyclic) bond motifs is 1. The van der Waals surface area contributed by atoms with Crippen LogP contribution in [0.1, 0.15) is 59.1 Å². The van der Waals surface area contributed by atoms with Crippen molar-refractivity contribution in [1.29, 1.82) is 0 Å². The van der Waals surface area contributed by atoms with E-state index in [4.69, 9.17) is 4.74 Å². The van der Waals surface area contributed by atoms with E-state index in [0.29, 0.717) is 0 Å². The second-order valence-electron chi connectivity index (χ2n) is 8.17. The minimum absolute atomic E-state index is 0.0289. The molecule has 0 radical (unpaired) electrons. The van der Waals surface area contributed by atoms with Gasteiger partial charge in [0.1, 0.15) is 11.2 Å². The van der Waals surface area contributed by atoms with Crippen LogP contribution in [0.2, 0.25) is 0 Å². The molecule has 1 fully saturated rings. The maximum absolute atomic E-state index is 13.6. The van der Waals surface area contributed by atoms with Crippen molar-refractivity contribution >= 4 is 17.8 Å². The zero-order valence-electron chi connectivity index (χ0n) is 17.3. The van der Waals surface area contributed by atoms with Crippen molar-refractivity contribution < 1.29 is 19.1 Å². The fourth-order valence-electron chi connectivity index (χ4n) is 4.36. The van der Waals surface area contributed by atoms with Crippen molar-refractivity contribution in [2.75, 3.05) is 7.11 Å². The average molecular weight is 410 g/mol. The summed E-state index contributed by atoms with van der Waals surface area (Å²) in [6, 6.07) is 9.65. The molecule has 1 aliphatic heterocycles. The van der Waals surface area contributed by atoms with Gasteiger partial charge in [-0.15, -0.1) is 0 Å². The number of esters is 1. The fraction of sp³-hybridized carbons (Fsp3) is 0.455. The number of carbonyl (C=O) groups excluding carboxylic acids is 3. The van der Waals surface area contributed by atoms with Crippen LogP contribution in [0.25, 0.3) is 0 Å². The van der Waals surface area contributed by atoms with E-state index in [-0.39, 0.29) is 36.4 Å². The molecule has 1 aromatic heterocycles. The Bertz CT molecular complexity index is 965. The third-order valence-corrected chi connectivity index (χ3v) is 6.10. The van der Waals surface area contributed by atoms with Gasteiger partial charge in [-0.05, 0) is 25.3 Å². The third-order valence-electron chi connectivity index (χ3n) is 6.10. The van der Waals surface area contributed by atoms with E-state index < -0.39 is 17.4 Å². The molecular formula is C22H26N4O4. The number of hydrogen-bond acceptors (Lipinski definition) is 5. The summed E-state index contributed by atoms with van der Waals surface area (Å²) in [4.78, 5) is 44.7. The molecule has 1 aromatic carbocycles. The van der Waals surface area contributed by atoms with Gasteiger partial charge in [0.15, 0.2) is 5.69 Å². The summed E-state index contributed by atoms with van der Waals surface area (Å²) in [5.74, 6) is -1.26. The van der Waals surface area contributed by atoms with Crippen LogP contribution in [0, 0.1) is 0 Å². The van der Waals surface area contributed by atoms with Crippen molar-refractivity contribution in [3.8, 4) is 0 Å². The summed E-state index contributed by atoms with van der Waals surface area (Å²) in [7, 11) is 1.25. The van der Waals surface area contributed by atoms with Crippen LogP contribution in [0.15, 0.2) is 36.7 Å². The number of hydrogen-bond donors (Lipinski definition) is 1. The lowest BCUT2D eigenvalue weighted by Gasteiger charge is -2.44. The Kier molecular flexibility index (Phi) is 5.32. The topological polar surface area (TPSA) is 93.5 Å². The molecule has 4 rings (SSSR count). The largest absolute Gasteiger partial charge is 0.464 e. The van der Waals surface area contributed by atoms with E-state index in [1.165, 1.54) is 13.4 Å². The molecular weight excluding hydrogens is 384 g/mol. The first-order chi connectivity index (χ1) is 14.4. The SMILES string of the molecule is COC(=O)c1ncn2c1C(=O)N(Cc1ccccc1)[C@](C)(C(=O)NC1CCCC1)C2. The summed E-state index contributed by atoms with van der Waals surface area (Å²) in [5.41, 5.74) is -0.0857. The highest BCUT2D eigenvalue weighted by atomic mass is 16.5. The predicted molar refractivity (Wildman–Crippen MR) is 109 cm³/mol. The van der Waals surface area contributed by atoms with Crippen molar-refractivity contribution in [2.45, 2.75) is 57.3 Å². The van der Waals surface area contributed by atoms with Gasteiger partial charge in [-0.1, -0.05) is 43.2 Å². The minimum Gasteiger partial charge on any atom is -0.464 e. The van der Waals surface area contributed by atoms with Crippen molar-refractivity contribution in [3.63, 3.8) is 0 Å². The highest BCUT2D eigenvalue weighted by Gasteiger charge is 2.49. The lowest BCUT2D eigenvalue weighted by molar-refractivity contribution is -0.134. The van der Waals surface area contributed by atoms with Gasteiger partial charge in [0.25, 0.3) is 5.91 Å². The highest BCUT2D eigenvalue weighted by Crippen LogP contribution is 2.31. The summed E-state index contributed by atoms with van der Waals surface area (Å²) < 4.78 is 6.37. The fourth-order valence-corrected chi connectivity index (χ4v) is 4.36. The molecule has 1 atom stereocenters. The number of aromatic nitrogens is 2. The molecule has 0 unspecified atom stereocenters. The van der Waals surface area contributed by atoms with Crippen molar-refractivity contribution in [2.24, 2.45) is 0 Å². The molecule has 0 spiro atoms. The number of nitrogens with zero attached hydrogens (tertiary/aromatic N) is 3. The van der Waals surface area contributed by atoms with Crippen LogP contribution >= 0.6 is 0 Å². The maximum atomic E-state index is 13.6. The molecule has 0 bridgehead atoms. The first kappa shape index (κ1) is 20.1. The van der Waals surface area contributed by atoms with Crippen LogP contribution in [0.4, 0.5) is 0 Å².